The molecule has 0 saturated heterocycles. The first kappa shape index (κ1) is 14.9. The molecule has 21 heavy (non-hydrogen) atoms. The lowest BCUT2D eigenvalue weighted by Gasteiger charge is -2.06. The number of aromatic nitrogens is 1. The van der Waals surface area contributed by atoms with Crippen molar-refractivity contribution in [1.29, 1.82) is 0 Å². The molecule has 0 fully saturated rings. The summed E-state index contributed by atoms with van der Waals surface area (Å²) in [7, 11) is 0. The largest absolute Gasteiger partial charge is 0.323 e. The van der Waals surface area contributed by atoms with Gasteiger partial charge in [-0.15, -0.1) is 0 Å². The highest BCUT2D eigenvalue weighted by atomic mass is 32.2. The summed E-state index contributed by atoms with van der Waals surface area (Å²) < 4.78 is 13.5. The van der Waals surface area contributed by atoms with Gasteiger partial charge >= 0.3 is 0 Å². The van der Waals surface area contributed by atoms with Crippen LogP contribution in [0.5, 0.6) is 0 Å². The minimum Gasteiger partial charge on any atom is -0.323 e. The fourth-order valence-electron chi connectivity index (χ4n) is 1.48. The number of nitro groups is 1. The van der Waals surface area contributed by atoms with Crippen molar-refractivity contribution in [2.24, 2.45) is 0 Å². The zero-order valence-corrected chi connectivity index (χ0v) is 11.5. The monoisotopic (exact) mass is 307 g/mol. The van der Waals surface area contributed by atoms with Crippen LogP contribution >= 0.6 is 11.8 Å². The number of thioether (sulfide) groups is 1. The maximum Gasteiger partial charge on any atom is 0.271 e. The van der Waals surface area contributed by atoms with Gasteiger partial charge in [-0.2, -0.15) is 0 Å². The van der Waals surface area contributed by atoms with E-state index in [1.165, 1.54) is 11.8 Å². The van der Waals surface area contributed by atoms with E-state index in [0.717, 1.165) is 18.2 Å². The number of hydrogen-bond acceptors (Lipinski definition) is 5. The van der Waals surface area contributed by atoms with Gasteiger partial charge in [0.1, 0.15) is 5.82 Å². The maximum absolute atomic E-state index is 13.5. The molecule has 6 nitrogen and oxygen atoms in total. The minimum absolute atomic E-state index is 0.0269. The Morgan fingerprint density at radius 1 is 1.38 bits per heavy atom. The molecule has 0 aliphatic carbocycles. The van der Waals surface area contributed by atoms with Crippen LogP contribution in [0, 0.1) is 15.9 Å². The lowest BCUT2D eigenvalue weighted by Crippen LogP contribution is -2.15. The Bertz CT molecular complexity index is 667. The van der Waals surface area contributed by atoms with Crippen molar-refractivity contribution in [3.05, 3.63) is 58.5 Å². The fraction of sp³-hybridized carbons (Fsp3) is 0.0769. The number of pyridine rings is 1. The van der Waals surface area contributed by atoms with Crippen LogP contribution in [-0.4, -0.2) is 21.6 Å². The van der Waals surface area contributed by atoms with Gasteiger partial charge in [0.25, 0.3) is 5.69 Å². The van der Waals surface area contributed by atoms with Crippen LogP contribution in [0.25, 0.3) is 0 Å². The molecule has 1 aromatic carbocycles. The van der Waals surface area contributed by atoms with E-state index in [-0.39, 0.29) is 17.1 Å². The second-order valence-electron chi connectivity index (χ2n) is 3.93. The van der Waals surface area contributed by atoms with Crippen molar-refractivity contribution >= 4 is 29.0 Å². The van der Waals surface area contributed by atoms with Crippen molar-refractivity contribution in [2.75, 3.05) is 11.1 Å². The molecule has 1 aromatic heterocycles. The molecule has 0 spiro atoms. The molecule has 0 radical (unpaired) electrons. The van der Waals surface area contributed by atoms with Gasteiger partial charge in [-0.25, -0.2) is 9.37 Å². The number of hydrogen-bond donors (Lipinski definition) is 1. The average molecular weight is 307 g/mol. The highest BCUT2D eigenvalue weighted by Gasteiger charge is 2.13. The van der Waals surface area contributed by atoms with Gasteiger partial charge in [0, 0.05) is 18.3 Å². The zero-order valence-electron chi connectivity index (χ0n) is 10.7. The first-order chi connectivity index (χ1) is 10.1. The number of halogens is 1. The van der Waals surface area contributed by atoms with Crippen LogP contribution in [0.4, 0.5) is 15.8 Å². The maximum atomic E-state index is 13.5. The molecule has 0 aliphatic heterocycles. The summed E-state index contributed by atoms with van der Waals surface area (Å²) in [6.07, 6.45) is 1.60. The van der Waals surface area contributed by atoms with Gasteiger partial charge in [0.15, 0.2) is 0 Å². The highest BCUT2D eigenvalue weighted by Crippen LogP contribution is 2.22. The summed E-state index contributed by atoms with van der Waals surface area (Å²) in [5.74, 6) is -1.17. The Balaban J connectivity index is 1.99. The molecule has 0 bridgehead atoms. The first-order valence-electron chi connectivity index (χ1n) is 5.84. The Labute approximate surface area is 123 Å². The van der Waals surface area contributed by atoms with Gasteiger partial charge in [-0.1, -0.05) is 17.8 Å². The lowest BCUT2D eigenvalue weighted by molar-refractivity contribution is -0.384. The predicted octanol–water partition coefficient (Wildman–Crippen LogP) is 2.86. The van der Waals surface area contributed by atoms with Crippen LogP contribution in [0.1, 0.15) is 0 Å². The van der Waals surface area contributed by atoms with E-state index in [4.69, 9.17) is 0 Å². The number of anilines is 1. The van der Waals surface area contributed by atoms with E-state index in [1.54, 1.807) is 24.4 Å². The summed E-state index contributed by atoms with van der Waals surface area (Å²) >= 11 is 1.18. The number of nitro benzene ring substituents is 1. The molecular formula is C13H10FN3O3S. The van der Waals surface area contributed by atoms with Gasteiger partial charge in [0.2, 0.25) is 5.91 Å². The molecule has 0 unspecified atom stereocenters. The van der Waals surface area contributed by atoms with Crippen LogP contribution in [-0.2, 0) is 4.79 Å². The van der Waals surface area contributed by atoms with Gasteiger partial charge in [-0.3, -0.25) is 14.9 Å². The minimum atomic E-state index is -0.725. The lowest BCUT2D eigenvalue weighted by atomic mass is 10.2. The van der Waals surface area contributed by atoms with Crippen molar-refractivity contribution in [1.82, 2.24) is 4.98 Å². The number of non-ortho nitro benzene ring substituents is 1. The fourth-order valence-corrected chi connectivity index (χ4v) is 2.14. The summed E-state index contributed by atoms with van der Waals surface area (Å²) in [6, 6.07) is 8.24. The van der Waals surface area contributed by atoms with Crippen LogP contribution in [0.2, 0.25) is 0 Å². The third kappa shape index (κ3) is 4.25. The Morgan fingerprint density at radius 2 is 2.19 bits per heavy atom. The smallest absolute Gasteiger partial charge is 0.271 e. The standard InChI is InChI=1S/C13H10FN3O3S/c14-10-5-4-9(17(19)20)7-11(10)16-12(18)8-21-13-3-1-2-6-15-13/h1-7H,8H2,(H,16,18). The van der Waals surface area contributed by atoms with Gasteiger partial charge in [-0.05, 0) is 18.2 Å². The number of nitrogens with zero attached hydrogens (tertiary/aromatic N) is 2. The number of carbonyl (C=O) groups excluding carboxylic acids is 1. The van der Waals surface area contributed by atoms with E-state index in [0.29, 0.717) is 5.03 Å². The zero-order chi connectivity index (χ0) is 15.2. The third-order valence-corrected chi connectivity index (χ3v) is 3.37. The summed E-state index contributed by atoms with van der Waals surface area (Å²) in [4.78, 5) is 25.7. The predicted molar refractivity (Wildman–Crippen MR) is 76.6 cm³/mol. The molecule has 8 heteroatoms. The molecule has 2 aromatic rings. The topological polar surface area (TPSA) is 85.1 Å². The summed E-state index contributed by atoms with van der Waals surface area (Å²) in [5.41, 5.74) is -0.500. The van der Waals surface area contributed by atoms with Crippen LogP contribution in [0.3, 0.4) is 0 Å². The SMILES string of the molecule is O=C(CSc1ccccn1)Nc1cc([N+](=O)[O-])ccc1F. The Hall–Kier alpha value is -2.48. The normalized spacial score (nSPS) is 10.1. The third-order valence-electron chi connectivity index (χ3n) is 2.42. The molecule has 0 aliphatic rings. The molecule has 108 valence electrons. The van der Waals surface area contributed by atoms with E-state index in [1.807, 2.05) is 0 Å². The van der Waals surface area contributed by atoms with Crippen LogP contribution in [0.15, 0.2) is 47.6 Å². The molecule has 1 heterocycles. The Kier molecular flexibility index (Phi) is 4.83. The Morgan fingerprint density at radius 3 is 2.86 bits per heavy atom. The second kappa shape index (κ2) is 6.80. The van der Waals surface area contributed by atoms with Crippen molar-refractivity contribution < 1.29 is 14.1 Å². The van der Waals surface area contributed by atoms with Crippen molar-refractivity contribution in [2.45, 2.75) is 5.03 Å². The number of nitrogens with one attached hydrogen (secondary N) is 1. The molecule has 2 rings (SSSR count). The van der Waals surface area contributed by atoms with E-state index < -0.39 is 16.6 Å². The number of amides is 1. The molecule has 0 atom stereocenters. The van der Waals surface area contributed by atoms with Crippen LogP contribution < -0.4 is 5.32 Å². The second-order valence-corrected chi connectivity index (χ2v) is 4.92. The average Bonchev–Trinajstić information content (AvgIpc) is 2.48. The van der Waals surface area contributed by atoms with Crippen molar-refractivity contribution in [3.63, 3.8) is 0 Å². The molecule has 0 saturated carbocycles. The van der Waals surface area contributed by atoms with E-state index in [9.17, 15) is 19.3 Å². The molecule has 1 N–H and O–H groups in total. The number of rotatable bonds is 5. The van der Waals surface area contributed by atoms with E-state index >= 15 is 0 Å². The number of carbonyl (C=O) groups is 1. The summed E-state index contributed by atoms with van der Waals surface area (Å²) in [5, 5.41) is 13.6. The number of benzene rings is 1. The molecular weight excluding hydrogens is 297 g/mol. The summed E-state index contributed by atoms with van der Waals surface area (Å²) in [6.45, 7) is 0. The quantitative estimate of drug-likeness (QED) is 0.521. The van der Waals surface area contributed by atoms with Gasteiger partial charge in [0.05, 0.1) is 21.4 Å². The first-order valence-corrected chi connectivity index (χ1v) is 6.82. The highest BCUT2D eigenvalue weighted by molar-refractivity contribution is 7.99. The van der Waals surface area contributed by atoms with Crippen molar-refractivity contribution in [3.8, 4) is 0 Å². The van der Waals surface area contributed by atoms with E-state index in [2.05, 4.69) is 10.3 Å². The van der Waals surface area contributed by atoms with Gasteiger partial charge < -0.3 is 5.32 Å². The molecule has 1 amide bonds.